The number of carbonyl (C=O) groups excluding carboxylic acids is 4. The Balaban J connectivity index is 1.39. The first kappa shape index (κ1) is 30.5. The quantitative estimate of drug-likeness (QED) is 0.290. The molecule has 1 spiro atoms. The van der Waals surface area contributed by atoms with Gasteiger partial charge >= 0.3 is 5.97 Å². The molecular formula is C34H43N3O7. The third-order valence-corrected chi connectivity index (χ3v) is 9.93. The van der Waals surface area contributed by atoms with E-state index in [0.717, 1.165) is 37.7 Å². The number of unbranched alkanes of at least 4 members (excludes halogenated alkanes) is 1. The summed E-state index contributed by atoms with van der Waals surface area (Å²) in [6, 6.07) is 7.82. The first-order valence-corrected chi connectivity index (χ1v) is 16.2. The Kier molecular flexibility index (Phi) is 9.18. The maximum Gasteiger partial charge on any atom is 0.306 e. The van der Waals surface area contributed by atoms with E-state index in [0.29, 0.717) is 32.4 Å². The SMILES string of the molecule is O=C1CC/C=C\CN(C2CCCCC2)C(=O)[C@@H]2N(CCCCO)C(=O)[C@H]3[C@H](C(=O)N[C@H](c4ccccc4)CO1)[C@@H]1C=C[C@]23O1. The van der Waals surface area contributed by atoms with Gasteiger partial charge in [0.25, 0.3) is 0 Å². The molecule has 0 aromatic heterocycles. The number of benzene rings is 1. The molecule has 5 aliphatic rings. The molecule has 44 heavy (non-hydrogen) atoms. The van der Waals surface area contributed by atoms with Crippen LogP contribution >= 0.6 is 0 Å². The Hall–Kier alpha value is -3.50. The number of likely N-dealkylation sites (tertiary alicyclic amines) is 1. The summed E-state index contributed by atoms with van der Waals surface area (Å²) >= 11 is 0. The van der Waals surface area contributed by atoms with Crippen molar-refractivity contribution in [3.8, 4) is 0 Å². The van der Waals surface area contributed by atoms with E-state index in [4.69, 9.17) is 9.47 Å². The summed E-state index contributed by atoms with van der Waals surface area (Å²) in [6.07, 6.45) is 13.5. The number of nitrogens with zero attached hydrogens (tertiary/aromatic N) is 2. The lowest BCUT2D eigenvalue weighted by atomic mass is 9.74. The zero-order chi connectivity index (χ0) is 30.7. The van der Waals surface area contributed by atoms with Crippen molar-refractivity contribution in [3.63, 3.8) is 0 Å². The zero-order valence-corrected chi connectivity index (χ0v) is 25.1. The number of fused-ring (bicyclic) bond motifs is 2. The molecule has 6 rings (SSSR count). The molecule has 3 amide bonds. The molecule has 2 N–H and O–H groups in total. The number of cyclic esters (lactones) is 1. The van der Waals surface area contributed by atoms with Gasteiger partial charge in [-0.05, 0) is 37.7 Å². The standard InChI is InChI=1S/C34H43N3O7/c38-21-11-10-20-37-30-33(42)36(24-14-6-2-7-15-24)19-9-3-8-16-27(39)43-22-25(23-12-4-1-5-13-23)35-31(40)28-26-17-18-34(30,44-26)29(28)32(37)41/h1,3-5,9,12-13,17-18,24-26,28-30,38H,2,6-8,10-11,14-16,19-22H2,(H,35,40)/b9-3-/t25-,26-,28+,29+,30-,34+/m0/s1. The molecule has 5 bridgehead atoms. The van der Waals surface area contributed by atoms with Crippen LogP contribution < -0.4 is 5.32 Å². The van der Waals surface area contributed by atoms with Crippen LogP contribution in [0.5, 0.6) is 0 Å². The van der Waals surface area contributed by atoms with Crippen LogP contribution in [0.1, 0.15) is 69.4 Å². The van der Waals surface area contributed by atoms with Crippen LogP contribution in [0.4, 0.5) is 0 Å². The highest BCUT2D eigenvalue weighted by molar-refractivity contribution is 6.00. The van der Waals surface area contributed by atoms with Crippen LogP contribution in [0.3, 0.4) is 0 Å². The van der Waals surface area contributed by atoms with Crippen LogP contribution in [0.25, 0.3) is 0 Å². The molecule has 10 nitrogen and oxygen atoms in total. The molecule has 4 aliphatic heterocycles. The second-order valence-electron chi connectivity index (χ2n) is 12.6. The number of nitrogens with one attached hydrogen (secondary N) is 1. The summed E-state index contributed by atoms with van der Waals surface area (Å²) in [5.74, 6) is -2.88. The van der Waals surface area contributed by atoms with E-state index >= 15 is 0 Å². The van der Waals surface area contributed by atoms with E-state index in [1.165, 1.54) is 0 Å². The summed E-state index contributed by atoms with van der Waals surface area (Å²) in [5.41, 5.74) is -0.473. The van der Waals surface area contributed by atoms with Crippen molar-refractivity contribution in [2.45, 2.75) is 87.6 Å². The number of carbonyl (C=O) groups is 4. The molecule has 1 aromatic rings. The van der Waals surface area contributed by atoms with Crippen molar-refractivity contribution in [2.75, 3.05) is 26.3 Å². The molecule has 3 fully saturated rings. The van der Waals surface area contributed by atoms with Crippen LogP contribution in [0.2, 0.25) is 0 Å². The van der Waals surface area contributed by atoms with Crippen LogP contribution in [-0.4, -0.2) is 88.7 Å². The van der Waals surface area contributed by atoms with Crippen molar-refractivity contribution in [2.24, 2.45) is 11.8 Å². The molecule has 2 saturated heterocycles. The molecule has 10 heteroatoms. The summed E-state index contributed by atoms with van der Waals surface area (Å²) in [5, 5.41) is 12.5. The van der Waals surface area contributed by atoms with Crippen LogP contribution in [0.15, 0.2) is 54.6 Å². The largest absolute Gasteiger partial charge is 0.463 e. The smallest absolute Gasteiger partial charge is 0.306 e. The van der Waals surface area contributed by atoms with Gasteiger partial charge in [0.1, 0.15) is 18.2 Å². The van der Waals surface area contributed by atoms with Crippen molar-refractivity contribution in [1.29, 1.82) is 0 Å². The number of hydrogen-bond donors (Lipinski definition) is 2. The van der Waals surface area contributed by atoms with Gasteiger partial charge in [-0.25, -0.2) is 0 Å². The van der Waals surface area contributed by atoms with Crippen molar-refractivity contribution in [1.82, 2.24) is 15.1 Å². The fraction of sp³-hybridized carbons (Fsp3) is 0.588. The molecular weight excluding hydrogens is 562 g/mol. The number of esters is 1. The maximum absolute atomic E-state index is 14.7. The van der Waals surface area contributed by atoms with Gasteiger partial charge in [0.2, 0.25) is 17.7 Å². The number of rotatable bonds is 6. The van der Waals surface area contributed by atoms with Gasteiger partial charge in [-0.2, -0.15) is 0 Å². The Labute approximate surface area is 258 Å². The Morgan fingerprint density at radius 2 is 1.77 bits per heavy atom. The number of amides is 3. The summed E-state index contributed by atoms with van der Waals surface area (Å²) in [4.78, 5) is 59.3. The minimum absolute atomic E-state index is 0.0107. The van der Waals surface area contributed by atoms with E-state index in [9.17, 15) is 24.3 Å². The number of aliphatic hydroxyl groups is 1. The molecule has 1 aliphatic carbocycles. The number of ether oxygens (including phenoxy) is 2. The Morgan fingerprint density at radius 1 is 0.977 bits per heavy atom. The molecule has 6 atom stereocenters. The van der Waals surface area contributed by atoms with E-state index < -0.39 is 35.6 Å². The van der Waals surface area contributed by atoms with Crippen molar-refractivity contribution < 1.29 is 33.8 Å². The summed E-state index contributed by atoms with van der Waals surface area (Å²) in [6.45, 7) is 0.603. The highest BCUT2D eigenvalue weighted by Gasteiger charge is 2.73. The van der Waals surface area contributed by atoms with Gasteiger partial charge in [0.15, 0.2) is 0 Å². The maximum atomic E-state index is 14.7. The molecule has 236 valence electrons. The number of allylic oxidation sites excluding steroid dienone is 1. The molecule has 0 unspecified atom stereocenters. The topological polar surface area (TPSA) is 125 Å². The minimum Gasteiger partial charge on any atom is -0.463 e. The second-order valence-corrected chi connectivity index (χ2v) is 12.6. The first-order chi connectivity index (χ1) is 21.4. The first-order valence-electron chi connectivity index (χ1n) is 16.2. The van der Waals surface area contributed by atoms with E-state index in [1.54, 1.807) is 4.90 Å². The fourth-order valence-corrected chi connectivity index (χ4v) is 7.78. The third kappa shape index (κ3) is 5.70. The van der Waals surface area contributed by atoms with Gasteiger partial charge in [0, 0.05) is 32.2 Å². The Morgan fingerprint density at radius 3 is 2.55 bits per heavy atom. The number of hydrogen-bond acceptors (Lipinski definition) is 7. The highest BCUT2D eigenvalue weighted by atomic mass is 16.5. The normalized spacial score (nSPS) is 33.8. The van der Waals surface area contributed by atoms with Gasteiger partial charge in [-0.3, -0.25) is 19.2 Å². The average Bonchev–Trinajstić information content (AvgIpc) is 3.68. The third-order valence-electron chi connectivity index (χ3n) is 9.93. The molecule has 1 saturated carbocycles. The van der Waals surface area contributed by atoms with Gasteiger partial charge < -0.3 is 29.7 Å². The fourth-order valence-electron chi connectivity index (χ4n) is 7.78. The monoisotopic (exact) mass is 605 g/mol. The molecule has 4 heterocycles. The predicted octanol–water partition coefficient (Wildman–Crippen LogP) is 2.82. The van der Waals surface area contributed by atoms with Crippen LogP contribution in [0, 0.1) is 11.8 Å². The lowest BCUT2D eigenvalue weighted by molar-refractivity contribution is -0.149. The second kappa shape index (κ2) is 13.2. The predicted molar refractivity (Wildman–Crippen MR) is 161 cm³/mol. The zero-order valence-electron chi connectivity index (χ0n) is 25.1. The average molecular weight is 606 g/mol. The van der Waals surface area contributed by atoms with Crippen molar-refractivity contribution >= 4 is 23.7 Å². The molecule has 0 radical (unpaired) electrons. The number of aliphatic hydroxyl groups excluding tert-OH is 1. The van der Waals surface area contributed by atoms with E-state index in [2.05, 4.69) is 5.32 Å². The van der Waals surface area contributed by atoms with Gasteiger partial charge in [-0.1, -0.05) is 73.9 Å². The lowest BCUT2D eigenvalue weighted by Crippen LogP contribution is -2.58. The summed E-state index contributed by atoms with van der Waals surface area (Å²) < 4.78 is 12.2. The summed E-state index contributed by atoms with van der Waals surface area (Å²) in [7, 11) is 0. The lowest BCUT2D eigenvalue weighted by Gasteiger charge is -2.40. The molecule has 1 aromatic carbocycles. The Bertz CT molecular complexity index is 1290. The highest BCUT2D eigenvalue weighted by Crippen LogP contribution is 2.55. The van der Waals surface area contributed by atoms with Gasteiger partial charge in [0.05, 0.1) is 24.0 Å². The van der Waals surface area contributed by atoms with Crippen molar-refractivity contribution in [3.05, 3.63) is 60.2 Å². The van der Waals surface area contributed by atoms with E-state index in [-0.39, 0.29) is 49.4 Å². The minimum atomic E-state index is -1.25. The van der Waals surface area contributed by atoms with Gasteiger partial charge in [-0.15, -0.1) is 0 Å². The van der Waals surface area contributed by atoms with E-state index in [1.807, 2.05) is 59.5 Å². The van der Waals surface area contributed by atoms with Crippen LogP contribution in [-0.2, 0) is 28.7 Å².